The van der Waals surface area contributed by atoms with Crippen LogP contribution >= 0.6 is 0 Å². The molecule has 0 aromatic carbocycles. The summed E-state index contributed by atoms with van der Waals surface area (Å²) in [6.45, 7) is 6.74. The molecule has 1 aromatic rings. The first-order valence-electron chi connectivity index (χ1n) is 6.94. The van der Waals surface area contributed by atoms with Gasteiger partial charge in [-0.2, -0.15) is 0 Å². The highest BCUT2D eigenvalue weighted by atomic mass is 16.3. The SMILES string of the molecule is CCCc1nc(NC)c(C)c(N(C)CCC(C)O)n1. The second-order valence-corrected chi connectivity index (χ2v) is 5.00. The molecule has 0 spiro atoms. The lowest BCUT2D eigenvalue weighted by atomic mass is 10.2. The van der Waals surface area contributed by atoms with Gasteiger partial charge in [0, 0.05) is 32.6 Å². The van der Waals surface area contributed by atoms with Crippen LogP contribution in [-0.2, 0) is 6.42 Å². The Bertz CT molecular complexity index is 407. The van der Waals surface area contributed by atoms with E-state index in [1.165, 1.54) is 0 Å². The van der Waals surface area contributed by atoms with Gasteiger partial charge in [-0.1, -0.05) is 6.92 Å². The lowest BCUT2D eigenvalue weighted by Crippen LogP contribution is -2.24. The largest absolute Gasteiger partial charge is 0.393 e. The van der Waals surface area contributed by atoms with E-state index in [9.17, 15) is 5.11 Å². The Balaban J connectivity index is 2.99. The molecule has 1 unspecified atom stereocenters. The van der Waals surface area contributed by atoms with Crippen LogP contribution in [0.15, 0.2) is 0 Å². The Hall–Kier alpha value is -1.36. The van der Waals surface area contributed by atoms with E-state index in [4.69, 9.17) is 0 Å². The number of anilines is 2. The van der Waals surface area contributed by atoms with E-state index in [1.807, 2.05) is 27.9 Å². The van der Waals surface area contributed by atoms with Crippen LogP contribution in [0.1, 0.15) is 38.1 Å². The van der Waals surface area contributed by atoms with Gasteiger partial charge >= 0.3 is 0 Å². The Morgan fingerprint density at radius 3 is 2.58 bits per heavy atom. The monoisotopic (exact) mass is 266 g/mol. The molecular formula is C14H26N4O. The van der Waals surface area contributed by atoms with Crippen LogP contribution in [0.5, 0.6) is 0 Å². The number of aliphatic hydroxyl groups excluding tert-OH is 1. The third-order valence-electron chi connectivity index (χ3n) is 3.12. The first kappa shape index (κ1) is 15.7. The molecule has 0 aliphatic rings. The van der Waals surface area contributed by atoms with Gasteiger partial charge in [-0.3, -0.25) is 0 Å². The van der Waals surface area contributed by atoms with E-state index < -0.39 is 0 Å². The Kier molecular flexibility index (Phi) is 6.02. The highest BCUT2D eigenvalue weighted by molar-refractivity contribution is 5.58. The Morgan fingerprint density at radius 2 is 2.05 bits per heavy atom. The molecule has 1 heterocycles. The average Bonchev–Trinajstić information content (AvgIpc) is 2.38. The first-order chi connectivity index (χ1) is 8.99. The summed E-state index contributed by atoms with van der Waals surface area (Å²) in [5.74, 6) is 2.71. The molecule has 0 bridgehead atoms. The molecule has 1 rings (SSSR count). The molecule has 0 amide bonds. The maximum atomic E-state index is 9.39. The molecule has 2 N–H and O–H groups in total. The third-order valence-corrected chi connectivity index (χ3v) is 3.12. The zero-order chi connectivity index (χ0) is 14.4. The van der Waals surface area contributed by atoms with Crippen LogP contribution in [0.4, 0.5) is 11.6 Å². The second kappa shape index (κ2) is 7.28. The Morgan fingerprint density at radius 1 is 1.37 bits per heavy atom. The molecule has 5 heteroatoms. The number of aliphatic hydroxyl groups is 1. The van der Waals surface area contributed by atoms with Crippen LogP contribution in [-0.4, -0.2) is 41.8 Å². The fraction of sp³-hybridized carbons (Fsp3) is 0.714. The molecule has 0 aliphatic carbocycles. The van der Waals surface area contributed by atoms with E-state index in [1.54, 1.807) is 0 Å². The minimum absolute atomic E-state index is 0.288. The Labute approximate surface area is 116 Å². The highest BCUT2D eigenvalue weighted by Crippen LogP contribution is 2.23. The van der Waals surface area contributed by atoms with Crippen LogP contribution < -0.4 is 10.2 Å². The van der Waals surface area contributed by atoms with Crippen molar-refractivity contribution in [3.8, 4) is 0 Å². The number of hydrogen-bond donors (Lipinski definition) is 2. The summed E-state index contributed by atoms with van der Waals surface area (Å²) in [4.78, 5) is 11.2. The van der Waals surface area contributed by atoms with Crippen molar-refractivity contribution in [3.63, 3.8) is 0 Å². The normalized spacial score (nSPS) is 12.3. The van der Waals surface area contributed by atoms with Crippen LogP contribution in [0.25, 0.3) is 0 Å². The number of nitrogens with one attached hydrogen (secondary N) is 1. The number of aryl methyl sites for hydroxylation is 1. The molecule has 1 aromatic heterocycles. The van der Waals surface area contributed by atoms with Gasteiger partial charge in [-0.05, 0) is 26.7 Å². The lowest BCUT2D eigenvalue weighted by Gasteiger charge is -2.22. The topological polar surface area (TPSA) is 61.3 Å². The zero-order valence-electron chi connectivity index (χ0n) is 12.7. The maximum absolute atomic E-state index is 9.39. The van der Waals surface area contributed by atoms with Crippen molar-refractivity contribution >= 4 is 11.6 Å². The van der Waals surface area contributed by atoms with Crippen LogP contribution in [0.3, 0.4) is 0 Å². The van der Waals surface area contributed by atoms with Gasteiger partial charge in [-0.15, -0.1) is 0 Å². The van der Waals surface area contributed by atoms with Crippen molar-refractivity contribution in [1.29, 1.82) is 0 Å². The van der Waals surface area contributed by atoms with Gasteiger partial charge in [0.1, 0.15) is 17.5 Å². The summed E-state index contributed by atoms with van der Waals surface area (Å²) in [7, 11) is 3.89. The molecule has 0 aliphatic heterocycles. The van der Waals surface area contributed by atoms with Crippen molar-refractivity contribution in [2.24, 2.45) is 0 Å². The van der Waals surface area contributed by atoms with Crippen molar-refractivity contribution < 1.29 is 5.11 Å². The van der Waals surface area contributed by atoms with Crippen molar-refractivity contribution in [3.05, 3.63) is 11.4 Å². The van der Waals surface area contributed by atoms with Gasteiger partial charge < -0.3 is 15.3 Å². The second-order valence-electron chi connectivity index (χ2n) is 5.00. The summed E-state index contributed by atoms with van der Waals surface area (Å²) in [5, 5.41) is 12.5. The quantitative estimate of drug-likeness (QED) is 0.790. The van der Waals surface area contributed by atoms with Gasteiger partial charge in [0.15, 0.2) is 0 Å². The third kappa shape index (κ3) is 4.35. The average molecular weight is 266 g/mol. The van der Waals surface area contributed by atoms with Gasteiger partial charge in [0.2, 0.25) is 0 Å². The number of nitrogens with zero attached hydrogens (tertiary/aromatic N) is 3. The summed E-state index contributed by atoms with van der Waals surface area (Å²) in [6.07, 6.45) is 2.36. The summed E-state index contributed by atoms with van der Waals surface area (Å²) >= 11 is 0. The summed E-state index contributed by atoms with van der Waals surface area (Å²) in [5.41, 5.74) is 1.05. The van der Waals surface area contributed by atoms with Crippen molar-refractivity contribution in [2.75, 3.05) is 30.9 Å². The van der Waals surface area contributed by atoms with E-state index in [0.717, 1.165) is 48.8 Å². The van der Waals surface area contributed by atoms with E-state index in [0.29, 0.717) is 0 Å². The number of rotatable bonds is 7. The standard InChI is InChI=1S/C14H26N4O/c1-6-7-12-16-13(15-4)11(3)14(17-12)18(5)9-8-10(2)19/h10,19H,6-9H2,1-5H3,(H,15,16,17). The molecule has 0 fully saturated rings. The van der Waals surface area contributed by atoms with Gasteiger partial charge in [0.05, 0.1) is 6.10 Å². The maximum Gasteiger partial charge on any atom is 0.137 e. The van der Waals surface area contributed by atoms with Gasteiger partial charge in [-0.25, -0.2) is 9.97 Å². The molecule has 0 radical (unpaired) electrons. The number of hydrogen-bond acceptors (Lipinski definition) is 5. The fourth-order valence-corrected chi connectivity index (χ4v) is 1.99. The highest BCUT2D eigenvalue weighted by Gasteiger charge is 2.13. The molecule has 1 atom stereocenters. The van der Waals surface area contributed by atoms with Crippen molar-refractivity contribution in [1.82, 2.24) is 9.97 Å². The molecule has 0 saturated heterocycles. The molecular weight excluding hydrogens is 240 g/mol. The van der Waals surface area contributed by atoms with Crippen molar-refractivity contribution in [2.45, 2.75) is 46.1 Å². The minimum atomic E-state index is -0.288. The molecule has 0 saturated carbocycles. The fourth-order valence-electron chi connectivity index (χ4n) is 1.99. The van der Waals surface area contributed by atoms with Crippen LogP contribution in [0.2, 0.25) is 0 Å². The predicted molar refractivity (Wildman–Crippen MR) is 79.9 cm³/mol. The van der Waals surface area contributed by atoms with Crippen LogP contribution in [0, 0.1) is 6.92 Å². The summed E-state index contributed by atoms with van der Waals surface area (Å²) < 4.78 is 0. The predicted octanol–water partition coefficient (Wildman–Crippen LogP) is 1.99. The first-order valence-corrected chi connectivity index (χ1v) is 6.94. The lowest BCUT2D eigenvalue weighted by molar-refractivity contribution is 0.187. The van der Waals surface area contributed by atoms with Gasteiger partial charge in [0.25, 0.3) is 0 Å². The molecule has 5 nitrogen and oxygen atoms in total. The van der Waals surface area contributed by atoms with E-state index in [-0.39, 0.29) is 6.10 Å². The van der Waals surface area contributed by atoms with E-state index in [2.05, 4.69) is 27.1 Å². The molecule has 19 heavy (non-hydrogen) atoms. The number of aromatic nitrogens is 2. The zero-order valence-corrected chi connectivity index (χ0v) is 12.7. The molecule has 108 valence electrons. The van der Waals surface area contributed by atoms with E-state index >= 15 is 0 Å². The smallest absolute Gasteiger partial charge is 0.137 e. The summed E-state index contributed by atoms with van der Waals surface area (Å²) in [6, 6.07) is 0. The minimum Gasteiger partial charge on any atom is -0.393 e.